The van der Waals surface area contributed by atoms with Crippen molar-refractivity contribution in [2.75, 3.05) is 52.9 Å². The molecule has 0 spiro atoms. The van der Waals surface area contributed by atoms with Crippen LogP contribution in [0.3, 0.4) is 0 Å². The number of rotatable bonds is 5. The molecule has 0 saturated carbocycles. The molecule has 6 nitrogen and oxygen atoms in total. The molecule has 3 rings (SSSR count). The van der Waals surface area contributed by atoms with Crippen molar-refractivity contribution >= 4 is 11.8 Å². The summed E-state index contributed by atoms with van der Waals surface area (Å²) in [5, 5.41) is 0. The molecule has 0 bridgehead atoms. The summed E-state index contributed by atoms with van der Waals surface area (Å²) < 4.78 is 0. The highest BCUT2D eigenvalue weighted by atomic mass is 16.2. The van der Waals surface area contributed by atoms with Gasteiger partial charge in [-0.1, -0.05) is 0 Å². The van der Waals surface area contributed by atoms with Gasteiger partial charge in [-0.3, -0.25) is 14.5 Å². The number of amides is 2. The van der Waals surface area contributed by atoms with Gasteiger partial charge in [-0.15, -0.1) is 0 Å². The Hall–Kier alpha value is -1.14. The second-order valence-electron chi connectivity index (χ2n) is 8.95. The lowest BCUT2D eigenvalue weighted by molar-refractivity contribution is -0.141. The summed E-state index contributed by atoms with van der Waals surface area (Å²) in [7, 11) is 1.89. The summed E-state index contributed by atoms with van der Waals surface area (Å²) >= 11 is 0. The largest absolute Gasteiger partial charge is 0.343 e. The molecule has 6 heteroatoms. The minimum atomic E-state index is 0.0812. The van der Waals surface area contributed by atoms with E-state index >= 15 is 0 Å². The summed E-state index contributed by atoms with van der Waals surface area (Å²) in [5.41, 5.74) is 0. The first-order valence-corrected chi connectivity index (χ1v) is 11.0. The summed E-state index contributed by atoms with van der Waals surface area (Å²) in [5.74, 6) is 0.566. The molecule has 2 amide bonds. The molecule has 0 aromatic rings. The molecule has 0 atom stereocenters. The lowest BCUT2D eigenvalue weighted by atomic mass is 9.95. The lowest BCUT2D eigenvalue weighted by Gasteiger charge is -2.38. The first-order chi connectivity index (χ1) is 13.0. The van der Waals surface area contributed by atoms with Crippen LogP contribution in [0.2, 0.25) is 0 Å². The zero-order chi connectivity index (χ0) is 19.4. The molecule has 0 N–H and O–H groups in total. The highest BCUT2D eigenvalue weighted by Crippen LogP contribution is 2.23. The van der Waals surface area contributed by atoms with Gasteiger partial charge in [-0.05, 0) is 65.5 Å². The molecule has 3 fully saturated rings. The van der Waals surface area contributed by atoms with Gasteiger partial charge in [0.2, 0.25) is 11.8 Å². The molecule has 3 aliphatic heterocycles. The van der Waals surface area contributed by atoms with E-state index in [9.17, 15) is 9.59 Å². The van der Waals surface area contributed by atoms with Crippen molar-refractivity contribution in [1.82, 2.24) is 19.6 Å². The number of hydrogen-bond acceptors (Lipinski definition) is 4. The number of piperidine rings is 2. The summed E-state index contributed by atoms with van der Waals surface area (Å²) in [4.78, 5) is 34.0. The zero-order valence-corrected chi connectivity index (χ0v) is 17.5. The Labute approximate surface area is 164 Å². The average molecular weight is 379 g/mol. The van der Waals surface area contributed by atoms with Gasteiger partial charge in [0, 0.05) is 51.2 Å². The van der Waals surface area contributed by atoms with E-state index in [1.807, 2.05) is 30.7 Å². The first-order valence-electron chi connectivity index (χ1n) is 11.0. The van der Waals surface area contributed by atoms with Crippen LogP contribution < -0.4 is 0 Å². The smallest absolute Gasteiger partial charge is 0.236 e. The Balaban J connectivity index is 1.38. The summed E-state index contributed by atoms with van der Waals surface area (Å²) in [6.45, 7) is 10.7. The summed E-state index contributed by atoms with van der Waals surface area (Å²) in [6, 6.07) is 0.971. The van der Waals surface area contributed by atoms with Crippen LogP contribution >= 0.6 is 0 Å². The molecular formula is C21H38N4O2. The number of nitrogens with zero attached hydrogens (tertiary/aromatic N) is 4. The van der Waals surface area contributed by atoms with Gasteiger partial charge >= 0.3 is 0 Å². The van der Waals surface area contributed by atoms with Crippen LogP contribution in [-0.4, -0.2) is 96.4 Å². The maximum Gasteiger partial charge on any atom is 0.236 e. The molecule has 27 heavy (non-hydrogen) atoms. The van der Waals surface area contributed by atoms with Gasteiger partial charge in [0.1, 0.15) is 0 Å². The number of hydrogen-bond donors (Lipinski definition) is 0. The molecule has 0 aliphatic carbocycles. The summed E-state index contributed by atoms with van der Waals surface area (Å²) in [6.07, 6.45) is 6.71. The fourth-order valence-corrected chi connectivity index (χ4v) is 4.76. The number of carbonyl (C=O) groups excluding carboxylic acids is 2. The highest BCUT2D eigenvalue weighted by molar-refractivity contribution is 5.81. The van der Waals surface area contributed by atoms with Crippen LogP contribution in [-0.2, 0) is 9.59 Å². The van der Waals surface area contributed by atoms with E-state index in [1.54, 1.807) is 0 Å². The van der Waals surface area contributed by atoms with E-state index < -0.39 is 0 Å². The Morgan fingerprint density at radius 1 is 0.926 bits per heavy atom. The van der Waals surface area contributed by atoms with E-state index in [0.717, 1.165) is 45.1 Å². The van der Waals surface area contributed by atoms with Gasteiger partial charge in [0.25, 0.3) is 0 Å². The van der Waals surface area contributed by atoms with Gasteiger partial charge in [0.15, 0.2) is 0 Å². The average Bonchev–Trinajstić information content (AvgIpc) is 3.22. The van der Waals surface area contributed by atoms with Crippen molar-refractivity contribution < 1.29 is 9.59 Å². The van der Waals surface area contributed by atoms with Crippen LogP contribution in [0.15, 0.2) is 0 Å². The fraction of sp³-hybridized carbons (Fsp3) is 0.905. The monoisotopic (exact) mass is 378 g/mol. The predicted molar refractivity (Wildman–Crippen MR) is 107 cm³/mol. The molecule has 3 aliphatic rings. The third-order valence-corrected chi connectivity index (χ3v) is 6.89. The van der Waals surface area contributed by atoms with Crippen LogP contribution in [0, 0.1) is 5.92 Å². The minimum absolute atomic E-state index is 0.0812. The first kappa shape index (κ1) is 20.6. The Bertz CT molecular complexity index is 502. The maximum absolute atomic E-state index is 12.7. The lowest BCUT2D eigenvalue weighted by Crippen LogP contribution is -2.50. The van der Waals surface area contributed by atoms with Gasteiger partial charge in [-0.2, -0.15) is 0 Å². The van der Waals surface area contributed by atoms with Crippen molar-refractivity contribution in [2.24, 2.45) is 5.92 Å². The molecule has 0 unspecified atom stereocenters. The highest BCUT2D eigenvalue weighted by Gasteiger charge is 2.31. The normalized spacial score (nSPS) is 23.9. The van der Waals surface area contributed by atoms with Crippen molar-refractivity contribution in [3.63, 3.8) is 0 Å². The molecule has 3 heterocycles. The quantitative estimate of drug-likeness (QED) is 0.730. The second kappa shape index (κ2) is 9.37. The third-order valence-electron chi connectivity index (χ3n) is 6.89. The molecule has 3 saturated heterocycles. The standard InChI is InChI=1S/C21H38N4O2/c1-17(2)22(3)21(27)18-6-14-25(15-7-18)20(26)16-23-12-8-19(9-13-23)24-10-4-5-11-24/h17-19H,4-16H2,1-3H3. The van der Waals surface area contributed by atoms with E-state index in [4.69, 9.17) is 0 Å². The molecule has 154 valence electrons. The van der Waals surface area contributed by atoms with E-state index in [2.05, 4.69) is 9.80 Å². The Kier molecular flexibility index (Phi) is 7.15. The van der Waals surface area contributed by atoms with Crippen LogP contribution in [0.5, 0.6) is 0 Å². The molecule has 0 aromatic carbocycles. The SMILES string of the molecule is CC(C)N(C)C(=O)C1CCN(C(=O)CN2CCC(N3CCCC3)CC2)CC1. The minimum Gasteiger partial charge on any atom is -0.343 e. The molecular weight excluding hydrogens is 340 g/mol. The molecule has 0 aromatic heterocycles. The fourth-order valence-electron chi connectivity index (χ4n) is 4.76. The third kappa shape index (κ3) is 5.23. The second-order valence-corrected chi connectivity index (χ2v) is 8.95. The van der Waals surface area contributed by atoms with Gasteiger partial charge < -0.3 is 14.7 Å². The van der Waals surface area contributed by atoms with E-state index in [0.29, 0.717) is 6.54 Å². The van der Waals surface area contributed by atoms with Crippen LogP contribution in [0.4, 0.5) is 0 Å². The van der Waals surface area contributed by atoms with Gasteiger partial charge in [-0.25, -0.2) is 0 Å². The maximum atomic E-state index is 12.7. The van der Waals surface area contributed by atoms with Gasteiger partial charge in [0.05, 0.1) is 6.54 Å². The van der Waals surface area contributed by atoms with Crippen molar-refractivity contribution in [3.05, 3.63) is 0 Å². The topological polar surface area (TPSA) is 47.1 Å². The zero-order valence-electron chi connectivity index (χ0n) is 17.5. The number of likely N-dealkylation sites (tertiary alicyclic amines) is 3. The van der Waals surface area contributed by atoms with E-state index in [-0.39, 0.29) is 23.8 Å². The predicted octanol–water partition coefficient (Wildman–Crippen LogP) is 1.65. The van der Waals surface area contributed by atoms with Crippen molar-refractivity contribution in [1.29, 1.82) is 0 Å². The Morgan fingerprint density at radius 3 is 2.07 bits per heavy atom. The van der Waals surface area contributed by atoms with Crippen molar-refractivity contribution in [2.45, 2.75) is 64.5 Å². The Morgan fingerprint density at radius 2 is 1.52 bits per heavy atom. The van der Waals surface area contributed by atoms with Crippen LogP contribution in [0.25, 0.3) is 0 Å². The van der Waals surface area contributed by atoms with Crippen LogP contribution in [0.1, 0.15) is 52.4 Å². The van der Waals surface area contributed by atoms with Crippen molar-refractivity contribution in [3.8, 4) is 0 Å². The van der Waals surface area contributed by atoms with E-state index in [1.165, 1.54) is 38.8 Å². The molecule has 0 radical (unpaired) electrons. The number of carbonyl (C=O) groups is 2.